The number of amides is 2. The molecule has 0 N–H and O–H groups in total. The van der Waals surface area contributed by atoms with Gasteiger partial charge in [-0.2, -0.15) is 0 Å². The average Bonchev–Trinajstić information content (AvgIpc) is 3.92. The molecule has 0 aromatic heterocycles. The van der Waals surface area contributed by atoms with E-state index in [0.29, 0.717) is 36.8 Å². The van der Waals surface area contributed by atoms with Crippen molar-refractivity contribution in [3.63, 3.8) is 0 Å². The molecule has 6 rings (SSSR count). The summed E-state index contributed by atoms with van der Waals surface area (Å²) in [5.74, 6) is 0.920. The first kappa shape index (κ1) is 31.6. The molecule has 238 valence electrons. The number of carbonyl (C=O) groups excluding carboxylic acids is 2. The molecule has 2 heterocycles. The van der Waals surface area contributed by atoms with Gasteiger partial charge in [-0.05, 0) is 86.7 Å². The molecule has 1 saturated carbocycles. The number of nitrogens with zero attached hydrogens (tertiary/aromatic N) is 4. The zero-order valence-corrected chi connectivity index (χ0v) is 27.0. The van der Waals surface area contributed by atoms with Gasteiger partial charge in [0.15, 0.2) is 0 Å². The Hall–Kier alpha value is -3.39. The number of piperidine rings is 1. The van der Waals surface area contributed by atoms with E-state index in [1.807, 2.05) is 58.3 Å². The van der Waals surface area contributed by atoms with E-state index in [1.165, 1.54) is 24.8 Å². The van der Waals surface area contributed by atoms with E-state index in [-0.39, 0.29) is 17.7 Å². The van der Waals surface area contributed by atoms with Crippen LogP contribution in [0.3, 0.4) is 0 Å². The Morgan fingerprint density at radius 2 is 1.58 bits per heavy atom. The molecule has 1 aliphatic carbocycles. The zero-order chi connectivity index (χ0) is 31.0. The van der Waals surface area contributed by atoms with Crippen molar-refractivity contribution in [2.75, 3.05) is 57.3 Å². The van der Waals surface area contributed by atoms with Gasteiger partial charge in [-0.1, -0.05) is 60.5 Å². The second-order valence-electron chi connectivity index (χ2n) is 12.7. The summed E-state index contributed by atoms with van der Waals surface area (Å²) in [4.78, 5) is 36.5. The van der Waals surface area contributed by atoms with E-state index in [2.05, 4.69) is 34.1 Å². The number of ether oxygens (including phenoxy) is 1. The molecule has 0 atom stereocenters. The molecule has 45 heavy (non-hydrogen) atoms. The van der Waals surface area contributed by atoms with Crippen LogP contribution in [0.1, 0.15) is 60.0 Å². The summed E-state index contributed by atoms with van der Waals surface area (Å²) in [6.45, 7) is 7.68. The molecule has 0 radical (unpaired) electrons. The van der Waals surface area contributed by atoms with Crippen LogP contribution in [0.15, 0.2) is 72.8 Å². The third-order valence-corrected chi connectivity index (χ3v) is 9.41. The maximum atomic E-state index is 14.2. The lowest BCUT2D eigenvalue weighted by atomic mass is 10.1. The fourth-order valence-electron chi connectivity index (χ4n) is 6.48. The Kier molecular flexibility index (Phi) is 10.7. The molecule has 2 amide bonds. The number of likely N-dealkylation sites (tertiary alicyclic amines) is 1. The molecule has 2 fully saturated rings. The standard InChI is InChI=1S/C37H45ClN4O3/c38-33-16-15-32-28-41(36(43)31-11-7-12-34(25-31)45-24-23-39-17-5-2-6-18-39)22-21-40(27-29-9-3-1-4-10-29)19-8-20-42(35(32)26-33)37(44)30-13-14-30/h1,3-4,7,9-12,15-16,25-26,30H,2,5-6,8,13-14,17-24,27-28H2. The van der Waals surface area contributed by atoms with E-state index in [9.17, 15) is 9.59 Å². The van der Waals surface area contributed by atoms with Crippen LogP contribution < -0.4 is 9.64 Å². The molecule has 0 bridgehead atoms. The van der Waals surface area contributed by atoms with E-state index in [0.717, 1.165) is 75.5 Å². The molecule has 3 aromatic carbocycles. The summed E-state index contributed by atoms with van der Waals surface area (Å²) in [5, 5.41) is 0.593. The van der Waals surface area contributed by atoms with Crippen LogP contribution in [0.2, 0.25) is 5.02 Å². The number of carbonyl (C=O) groups is 2. The predicted molar refractivity (Wildman–Crippen MR) is 180 cm³/mol. The number of hydrogen-bond acceptors (Lipinski definition) is 5. The minimum atomic E-state index is -0.0450. The smallest absolute Gasteiger partial charge is 0.254 e. The number of benzene rings is 3. The van der Waals surface area contributed by atoms with Crippen molar-refractivity contribution in [2.24, 2.45) is 5.92 Å². The number of halogens is 1. The number of anilines is 1. The summed E-state index contributed by atoms with van der Waals surface area (Å²) in [6.07, 6.45) is 6.53. The third kappa shape index (κ3) is 8.66. The van der Waals surface area contributed by atoms with Crippen LogP contribution in [0.4, 0.5) is 5.69 Å². The second-order valence-corrected chi connectivity index (χ2v) is 13.1. The van der Waals surface area contributed by atoms with Gasteiger partial charge in [0.1, 0.15) is 12.4 Å². The Labute approximate surface area is 272 Å². The third-order valence-electron chi connectivity index (χ3n) is 9.18. The minimum absolute atomic E-state index is 0.0450. The van der Waals surface area contributed by atoms with Gasteiger partial charge in [0, 0.05) is 62.3 Å². The lowest BCUT2D eigenvalue weighted by molar-refractivity contribution is -0.119. The van der Waals surface area contributed by atoms with Gasteiger partial charge >= 0.3 is 0 Å². The largest absolute Gasteiger partial charge is 0.492 e. The van der Waals surface area contributed by atoms with E-state index >= 15 is 0 Å². The molecule has 1 saturated heterocycles. The average molecular weight is 629 g/mol. The summed E-state index contributed by atoms with van der Waals surface area (Å²) >= 11 is 6.51. The maximum absolute atomic E-state index is 14.2. The van der Waals surface area contributed by atoms with Crippen molar-refractivity contribution in [3.8, 4) is 5.75 Å². The Morgan fingerprint density at radius 1 is 0.778 bits per heavy atom. The van der Waals surface area contributed by atoms with Crippen LogP contribution in [0.25, 0.3) is 0 Å². The summed E-state index contributed by atoms with van der Waals surface area (Å²) in [7, 11) is 0. The molecule has 3 aliphatic rings. The Bertz CT molecular complexity index is 1440. The van der Waals surface area contributed by atoms with Gasteiger partial charge in [0.05, 0.1) is 5.69 Å². The predicted octanol–water partition coefficient (Wildman–Crippen LogP) is 6.50. The molecule has 3 aromatic rings. The monoisotopic (exact) mass is 628 g/mol. The molecule has 0 unspecified atom stereocenters. The first-order chi connectivity index (χ1) is 22.0. The van der Waals surface area contributed by atoms with Gasteiger partial charge in [0.2, 0.25) is 5.91 Å². The van der Waals surface area contributed by atoms with E-state index in [4.69, 9.17) is 16.3 Å². The van der Waals surface area contributed by atoms with Gasteiger partial charge < -0.3 is 14.5 Å². The van der Waals surface area contributed by atoms with E-state index in [1.54, 1.807) is 0 Å². The van der Waals surface area contributed by atoms with Gasteiger partial charge in [-0.25, -0.2) is 0 Å². The van der Waals surface area contributed by atoms with Gasteiger partial charge in [0.25, 0.3) is 5.91 Å². The van der Waals surface area contributed by atoms with Crippen molar-refractivity contribution in [1.82, 2.24) is 14.7 Å². The van der Waals surface area contributed by atoms with Crippen LogP contribution >= 0.6 is 11.6 Å². The molecule has 0 spiro atoms. The normalized spacial score (nSPS) is 18.6. The summed E-state index contributed by atoms with van der Waals surface area (Å²) < 4.78 is 6.13. The van der Waals surface area contributed by atoms with E-state index < -0.39 is 0 Å². The van der Waals surface area contributed by atoms with Crippen LogP contribution in [-0.2, 0) is 17.9 Å². The molecular formula is C37H45ClN4O3. The molecule has 8 heteroatoms. The first-order valence-electron chi connectivity index (χ1n) is 16.6. The highest BCUT2D eigenvalue weighted by molar-refractivity contribution is 6.31. The topological polar surface area (TPSA) is 56.3 Å². The zero-order valence-electron chi connectivity index (χ0n) is 26.2. The van der Waals surface area contributed by atoms with Gasteiger partial charge in [-0.15, -0.1) is 0 Å². The number of fused-ring (bicyclic) bond motifs is 1. The highest BCUT2D eigenvalue weighted by Gasteiger charge is 2.35. The highest BCUT2D eigenvalue weighted by Crippen LogP contribution is 2.35. The maximum Gasteiger partial charge on any atom is 0.254 e. The fourth-order valence-corrected chi connectivity index (χ4v) is 6.65. The first-order valence-corrected chi connectivity index (χ1v) is 17.0. The van der Waals surface area contributed by atoms with Crippen LogP contribution in [0.5, 0.6) is 5.75 Å². The minimum Gasteiger partial charge on any atom is -0.492 e. The fraction of sp³-hybridized carbons (Fsp3) is 0.459. The van der Waals surface area contributed by atoms with Crippen molar-refractivity contribution in [1.29, 1.82) is 0 Å². The number of hydrogen-bond donors (Lipinski definition) is 0. The second kappa shape index (κ2) is 15.3. The lowest BCUT2D eigenvalue weighted by Crippen LogP contribution is -2.38. The highest BCUT2D eigenvalue weighted by atomic mass is 35.5. The van der Waals surface area contributed by atoms with Crippen molar-refractivity contribution < 1.29 is 14.3 Å². The SMILES string of the molecule is O=C(c1cccc(OCCN2CCCCC2)c1)N1CCN(Cc2ccccc2)CCCN(C(=O)C2CC2)c2cc(Cl)ccc2C1. The number of rotatable bonds is 8. The van der Waals surface area contributed by atoms with Crippen LogP contribution in [-0.4, -0.2) is 78.9 Å². The Balaban J connectivity index is 1.24. The molecule has 2 aliphatic heterocycles. The Morgan fingerprint density at radius 3 is 2.38 bits per heavy atom. The van der Waals surface area contributed by atoms with Crippen molar-refractivity contribution >= 4 is 29.1 Å². The quantitative estimate of drug-likeness (QED) is 0.285. The van der Waals surface area contributed by atoms with Gasteiger partial charge in [-0.3, -0.25) is 19.4 Å². The summed E-state index contributed by atoms with van der Waals surface area (Å²) in [6, 6.07) is 23.8. The van der Waals surface area contributed by atoms with Crippen molar-refractivity contribution in [2.45, 2.75) is 51.6 Å². The summed E-state index contributed by atoms with van der Waals surface area (Å²) in [5.41, 5.74) is 3.60. The van der Waals surface area contributed by atoms with Crippen molar-refractivity contribution in [3.05, 3.63) is 94.5 Å². The lowest BCUT2D eigenvalue weighted by Gasteiger charge is -2.29. The molecule has 7 nitrogen and oxygen atoms in total. The molecular weight excluding hydrogens is 584 g/mol. The van der Waals surface area contributed by atoms with Crippen LogP contribution in [0, 0.1) is 5.92 Å².